The third-order valence-corrected chi connectivity index (χ3v) is 3.52. The Bertz CT molecular complexity index is 378. The SMILES string of the molecule is CCC(CC)CNc1cc(OC)c(OC)cc1Cl. The Morgan fingerprint density at radius 2 is 1.67 bits per heavy atom. The Kier molecular flexibility index (Phi) is 6.13. The largest absolute Gasteiger partial charge is 0.493 e. The van der Waals surface area contributed by atoms with Gasteiger partial charge in [-0.15, -0.1) is 0 Å². The van der Waals surface area contributed by atoms with Crippen molar-refractivity contribution in [3.8, 4) is 11.5 Å². The molecule has 0 saturated heterocycles. The van der Waals surface area contributed by atoms with Crippen molar-refractivity contribution in [2.75, 3.05) is 26.1 Å². The number of rotatable bonds is 7. The molecular weight excluding hydrogens is 250 g/mol. The maximum atomic E-state index is 6.21. The van der Waals surface area contributed by atoms with Gasteiger partial charge in [0, 0.05) is 18.7 Å². The standard InChI is InChI=1S/C14H22ClNO2/c1-5-10(6-2)9-16-12-8-14(18-4)13(17-3)7-11(12)15/h7-8,10,16H,5-6,9H2,1-4H3. The van der Waals surface area contributed by atoms with Gasteiger partial charge in [0.05, 0.1) is 24.9 Å². The van der Waals surface area contributed by atoms with Crippen LogP contribution in [0, 0.1) is 5.92 Å². The molecule has 0 saturated carbocycles. The lowest BCUT2D eigenvalue weighted by Crippen LogP contribution is -2.13. The van der Waals surface area contributed by atoms with E-state index >= 15 is 0 Å². The lowest BCUT2D eigenvalue weighted by atomic mass is 10.0. The van der Waals surface area contributed by atoms with Crippen molar-refractivity contribution < 1.29 is 9.47 Å². The smallest absolute Gasteiger partial charge is 0.162 e. The maximum absolute atomic E-state index is 6.21. The Hall–Kier alpha value is -1.09. The maximum Gasteiger partial charge on any atom is 0.162 e. The first-order valence-corrected chi connectivity index (χ1v) is 6.69. The van der Waals surface area contributed by atoms with Gasteiger partial charge in [0.2, 0.25) is 0 Å². The topological polar surface area (TPSA) is 30.5 Å². The normalized spacial score (nSPS) is 10.6. The minimum absolute atomic E-state index is 0.649. The predicted octanol–water partition coefficient (Wildman–Crippen LogP) is 4.21. The molecule has 4 heteroatoms. The van der Waals surface area contributed by atoms with Crippen LogP contribution in [0.15, 0.2) is 12.1 Å². The first-order valence-electron chi connectivity index (χ1n) is 6.31. The average Bonchev–Trinajstić information content (AvgIpc) is 2.40. The molecule has 0 heterocycles. The quantitative estimate of drug-likeness (QED) is 0.806. The van der Waals surface area contributed by atoms with E-state index in [0.29, 0.717) is 22.4 Å². The number of hydrogen-bond donors (Lipinski definition) is 1. The number of benzene rings is 1. The van der Waals surface area contributed by atoms with Crippen molar-refractivity contribution in [2.24, 2.45) is 5.92 Å². The Balaban J connectivity index is 2.82. The molecule has 0 amide bonds. The van der Waals surface area contributed by atoms with Crippen LogP contribution in [-0.2, 0) is 0 Å². The second-order valence-electron chi connectivity index (χ2n) is 4.25. The van der Waals surface area contributed by atoms with Gasteiger partial charge in [-0.2, -0.15) is 0 Å². The van der Waals surface area contributed by atoms with E-state index in [0.717, 1.165) is 25.1 Å². The fourth-order valence-electron chi connectivity index (χ4n) is 1.82. The highest BCUT2D eigenvalue weighted by molar-refractivity contribution is 6.33. The van der Waals surface area contributed by atoms with E-state index < -0.39 is 0 Å². The number of hydrogen-bond acceptors (Lipinski definition) is 3. The van der Waals surface area contributed by atoms with Gasteiger partial charge in [0.15, 0.2) is 11.5 Å². The van der Waals surface area contributed by atoms with Crippen LogP contribution in [-0.4, -0.2) is 20.8 Å². The summed E-state index contributed by atoms with van der Waals surface area (Å²) in [7, 11) is 3.22. The van der Waals surface area contributed by atoms with Crippen LogP contribution in [0.5, 0.6) is 11.5 Å². The van der Waals surface area contributed by atoms with Crippen LogP contribution in [0.3, 0.4) is 0 Å². The van der Waals surface area contributed by atoms with Crippen LogP contribution < -0.4 is 14.8 Å². The van der Waals surface area contributed by atoms with E-state index in [9.17, 15) is 0 Å². The summed E-state index contributed by atoms with van der Waals surface area (Å²) in [6, 6.07) is 3.65. The molecule has 102 valence electrons. The Morgan fingerprint density at radius 1 is 1.11 bits per heavy atom. The highest BCUT2D eigenvalue weighted by Gasteiger charge is 2.11. The Morgan fingerprint density at radius 3 is 2.17 bits per heavy atom. The van der Waals surface area contributed by atoms with E-state index in [1.165, 1.54) is 0 Å². The fraction of sp³-hybridized carbons (Fsp3) is 0.571. The third kappa shape index (κ3) is 3.70. The molecule has 0 atom stereocenters. The first-order chi connectivity index (χ1) is 8.65. The zero-order chi connectivity index (χ0) is 13.5. The molecular formula is C14H22ClNO2. The molecule has 18 heavy (non-hydrogen) atoms. The summed E-state index contributed by atoms with van der Waals surface area (Å²) in [6.07, 6.45) is 2.32. The number of methoxy groups -OCH3 is 2. The molecule has 0 aliphatic carbocycles. The summed E-state index contributed by atoms with van der Waals surface area (Å²) in [5.74, 6) is 2.00. The molecule has 0 aliphatic rings. The van der Waals surface area contributed by atoms with Crippen LogP contribution in [0.4, 0.5) is 5.69 Å². The summed E-state index contributed by atoms with van der Waals surface area (Å²) in [6.45, 7) is 5.32. The molecule has 1 aromatic carbocycles. The fourth-order valence-corrected chi connectivity index (χ4v) is 2.04. The van der Waals surface area contributed by atoms with Gasteiger partial charge < -0.3 is 14.8 Å². The number of ether oxygens (including phenoxy) is 2. The third-order valence-electron chi connectivity index (χ3n) is 3.21. The number of nitrogens with one attached hydrogen (secondary N) is 1. The summed E-state index contributed by atoms with van der Waals surface area (Å²) in [4.78, 5) is 0. The van der Waals surface area contributed by atoms with Gasteiger partial charge in [-0.1, -0.05) is 38.3 Å². The average molecular weight is 272 g/mol. The molecule has 1 aromatic rings. The van der Waals surface area contributed by atoms with Gasteiger partial charge in [-0.3, -0.25) is 0 Å². The molecule has 0 bridgehead atoms. The molecule has 0 aromatic heterocycles. The summed E-state index contributed by atoms with van der Waals surface area (Å²) >= 11 is 6.21. The van der Waals surface area contributed by atoms with E-state index in [2.05, 4.69) is 19.2 Å². The Labute approximate surface area is 114 Å². The van der Waals surface area contributed by atoms with Crippen molar-refractivity contribution in [1.82, 2.24) is 0 Å². The summed E-state index contributed by atoms with van der Waals surface area (Å²) < 4.78 is 10.5. The highest BCUT2D eigenvalue weighted by atomic mass is 35.5. The first kappa shape index (κ1) is 15.0. The minimum Gasteiger partial charge on any atom is -0.493 e. The van der Waals surface area contributed by atoms with Gasteiger partial charge in [-0.25, -0.2) is 0 Å². The second-order valence-corrected chi connectivity index (χ2v) is 4.66. The van der Waals surface area contributed by atoms with E-state index in [-0.39, 0.29) is 0 Å². The van der Waals surface area contributed by atoms with Crippen LogP contribution in [0.2, 0.25) is 5.02 Å². The van der Waals surface area contributed by atoms with E-state index in [1.807, 2.05) is 6.07 Å². The van der Waals surface area contributed by atoms with Crippen molar-refractivity contribution in [3.05, 3.63) is 17.2 Å². The van der Waals surface area contributed by atoms with Crippen molar-refractivity contribution in [1.29, 1.82) is 0 Å². The number of halogens is 1. The van der Waals surface area contributed by atoms with Gasteiger partial charge >= 0.3 is 0 Å². The predicted molar refractivity (Wildman–Crippen MR) is 77.1 cm³/mol. The second kappa shape index (κ2) is 7.37. The van der Waals surface area contributed by atoms with Gasteiger partial charge in [-0.05, 0) is 5.92 Å². The molecule has 0 aliphatic heterocycles. The van der Waals surface area contributed by atoms with Gasteiger partial charge in [0.25, 0.3) is 0 Å². The van der Waals surface area contributed by atoms with Crippen LogP contribution in [0.1, 0.15) is 26.7 Å². The molecule has 0 unspecified atom stereocenters. The molecule has 1 N–H and O–H groups in total. The molecule has 3 nitrogen and oxygen atoms in total. The lowest BCUT2D eigenvalue weighted by molar-refractivity contribution is 0.355. The van der Waals surface area contributed by atoms with Crippen LogP contribution >= 0.6 is 11.6 Å². The zero-order valence-electron chi connectivity index (χ0n) is 11.5. The van der Waals surface area contributed by atoms with Crippen molar-refractivity contribution in [2.45, 2.75) is 26.7 Å². The minimum atomic E-state index is 0.649. The van der Waals surface area contributed by atoms with Crippen molar-refractivity contribution in [3.63, 3.8) is 0 Å². The van der Waals surface area contributed by atoms with E-state index in [1.54, 1.807) is 20.3 Å². The molecule has 0 spiro atoms. The van der Waals surface area contributed by atoms with Crippen molar-refractivity contribution >= 4 is 17.3 Å². The van der Waals surface area contributed by atoms with Gasteiger partial charge in [0.1, 0.15) is 0 Å². The van der Waals surface area contributed by atoms with Crippen LogP contribution in [0.25, 0.3) is 0 Å². The molecule has 0 fully saturated rings. The molecule has 1 rings (SSSR count). The summed E-state index contributed by atoms with van der Waals surface area (Å²) in [5, 5.41) is 4.02. The zero-order valence-corrected chi connectivity index (χ0v) is 12.3. The highest BCUT2D eigenvalue weighted by Crippen LogP contribution is 2.36. The van der Waals surface area contributed by atoms with E-state index in [4.69, 9.17) is 21.1 Å². The summed E-state index contributed by atoms with van der Waals surface area (Å²) in [5.41, 5.74) is 0.890. The lowest BCUT2D eigenvalue weighted by Gasteiger charge is -2.17. The monoisotopic (exact) mass is 271 g/mol. The number of anilines is 1. The molecule has 0 radical (unpaired) electrons.